The maximum atomic E-state index is 4.82. The monoisotopic (exact) mass is 287 g/mol. The average Bonchev–Trinajstić information content (AvgIpc) is 2.81. The first-order valence-corrected chi connectivity index (χ1v) is 8.30. The number of hydrogen-bond acceptors (Lipinski definition) is 2. The third kappa shape index (κ3) is 4.07. The number of nitrogens with one attached hydrogen (secondary N) is 1. The van der Waals surface area contributed by atoms with E-state index in [2.05, 4.69) is 61.8 Å². The molecule has 0 aliphatic heterocycles. The minimum absolute atomic E-state index is 0.436. The van der Waals surface area contributed by atoms with Crippen molar-refractivity contribution >= 4 is 11.0 Å². The first-order valence-electron chi connectivity index (χ1n) is 8.30. The highest BCUT2D eigenvalue weighted by atomic mass is 15.1. The van der Waals surface area contributed by atoms with E-state index >= 15 is 0 Å². The van der Waals surface area contributed by atoms with Crippen molar-refractivity contribution in [3.05, 3.63) is 30.1 Å². The normalized spacial score (nSPS) is 13.2. The molecular formula is C18H29N3. The van der Waals surface area contributed by atoms with Crippen molar-refractivity contribution in [1.82, 2.24) is 14.9 Å². The van der Waals surface area contributed by atoms with Crippen LogP contribution in [0, 0.1) is 5.92 Å². The van der Waals surface area contributed by atoms with Crippen molar-refractivity contribution in [3.8, 4) is 0 Å². The Hall–Kier alpha value is -1.35. The number of hydrogen-bond donors (Lipinski definition) is 1. The van der Waals surface area contributed by atoms with Crippen LogP contribution in [0.4, 0.5) is 0 Å². The van der Waals surface area contributed by atoms with E-state index in [4.69, 9.17) is 4.98 Å². The molecule has 1 aromatic heterocycles. The molecule has 3 heteroatoms. The fourth-order valence-electron chi connectivity index (χ4n) is 2.78. The van der Waals surface area contributed by atoms with Gasteiger partial charge in [0, 0.05) is 19.0 Å². The van der Waals surface area contributed by atoms with Gasteiger partial charge >= 0.3 is 0 Å². The van der Waals surface area contributed by atoms with Crippen molar-refractivity contribution in [1.29, 1.82) is 0 Å². The smallest absolute Gasteiger partial charge is 0.110 e. The summed E-state index contributed by atoms with van der Waals surface area (Å²) in [6.07, 6.45) is 3.42. The van der Waals surface area contributed by atoms with Crippen molar-refractivity contribution in [2.75, 3.05) is 13.1 Å². The van der Waals surface area contributed by atoms with E-state index in [9.17, 15) is 0 Å². The predicted molar refractivity (Wildman–Crippen MR) is 90.8 cm³/mol. The van der Waals surface area contributed by atoms with E-state index in [1.165, 1.54) is 17.8 Å². The van der Waals surface area contributed by atoms with Crippen LogP contribution in [-0.2, 0) is 6.42 Å². The number of aryl methyl sites for hydroxylation is 1. The van der Waals surface area contributed by atoms with Gasteiger partial charge in [-0.3, -0.25) is 0 Å². The van der Waals surface area contributed by atoms with E-state index < -0.39 is 0 Å². The molecule has 1 aromatic carbocycles. The zero-order valence-corrected chi connectivity index (χ0v) is 13.9. The molecule has 1 unspecified atom stereocenters. The zero-order valence-electron chi connectivity index (χ0n) is 13.9. The molecule has 0 aliphatic carbocycles. The van der Waals surface area contributed by atoms with Gasteiger partial charge in [-0.2, -0.15) is 0 Å². The summed E-state index contributed by atoms with van der Waals surface area (Å²) < 4.78 is 2.42. The first kappa shape index (κ1) is 16.0. The lowest BCUT2D eigenvalue weighted by Gasteiger charge is -2.18. The van der Waals surface area contributed by atoms with Crippen LogP contribution >= 0.6 is 0 Å². The molecule has 0 fully saturated rings. The molecule has 0 spiro atoms. The van der Waals surface area contributed by atoms with Crippen LogP contribution in [0.3, 0.4) is 0 Å². The standard InChI is InChI=1S/C18H29N3/c1-5-8-18-20-16-9-6-7-10-17(16)21(18)15(4)13-19-12-11-14(2)3/h6-7,9-10,14-15,19H,5,8,11-13H2,1-4H3. The van der Waals surface area contributed by atoms with E-state index in [1.54, 1.807) is 0 Å². The number of rotatable bonds is 8. The Balaban J connectivity index is 2.12. The summed E-state index contributed by atoms with van der Waals surface area (Å²) >= 11 is 0. The van der Waals surface area contributed by atoms with Crippen LogP contribution in [0.1, 0.15) is 52.4 Å². The molecular weight excluding hydrogens is 258 g/mol. The van der Waals surface area contributed by atoms with Crippen LogP contribution in [0.5, 0.6) is 0 Å². The number of benzene rings is 1. The molecule has 21 heavy (non-hydrogen) atoms. The van der Waals surface area contributed by atoms with Gasteiger partial charge in [-0.15, -0.1) is 0 Å². The second kappa shape index (κ2) is 7.60. The molecule has 0 bridgehead atoms. The third-order valence-electron chi connectivity index (χ3n) is 3.92. The molecule has 0 saturated carbocycles. The topological polar surface area (TPSA) is 29.9 Å². The van der Waals surface area contributed by atoms with Crippen molar-refractivity contribution in [2.24, 2.45) is 5.92 Å². The van der Waals surface area contributed by atoms with Gasteiger partial charge in [0.2, 0.25) is 0 Å². The van der Waals surface area contributed by atoms with Gasteiger partial charge in [-0.25, -0.2) is 4.98 Å². The molecule has 116 valence electrons. The van der Waals surface area contributed by atoms with Gasteiger partial charge in [0.25, 0.3) is 0 Å². The summed E-state index contributed by atoms with van der Waals surface area (Å²) in [4.78, 5) is 4.82. The third-order valence-corrected chi connectivity index (χ3v) is 3.92. The van der Waals surface area contributed by atoms with Crippen molar-refractivity contribution < 1.29 is 0 Å². The molecule has 1 N–H and O–H groups in total. The average molecular weight is 287 g/mol. The summed E-state index contributed by atoms with van der Waals surface area (Å²) in [5.74, 6) is 1.98. The van der Waals surface area contributed by atoms with Gasteiger partial charge < -0.3 is 9.88 Å². The molecule has 0 amide bonds. The molecule has 2 aromatic rings. The Kier molecular flexibility index (Phi) is 5.80. The Bertz CT molecular complexity index is 557. The summed E-state index contributed by atoms with van der Waals surface area (Å²) in [7, 11) is 0. The highest BCUT2D eigenvalue weighted by molar-refractivity contribution is 5.76. The van der Waals surface area contributed by atoms with E-state index in [0.717, 1.165) is 37.4 Å². The molecule has 1 atom stereocenters. The van der Waals surface area contributed by atoms with Crippen LogP contribution in [0.25, 0.3) is 11.0 Å². The molecule has 0 aliphatic rings. The Morgan fingerprint density at radius 2 is 1.95 bits per heavy atom. The predicted octanol–water partition coefficient (Wildman–Crippen LogP) is 4.19. The molecule has 1 heterocycles. The van der Waals surface area contributed by atoms with Gasteiger partial charge in [0.1, 0.15) is 5.82 Å². The minimum Gasteiger partial charge on any atom is -0.324 e. The van der Waals surface area contributed by atoms with E-state index in [-0.39, 0.29) is 0 Å². The van der Waals surface area contributed by atoms with E-state index in [1.807, 2.05) is 0 Å². The van der Waals surface area contributed by atoms with Gasteiger partial charge in [0.15, 0.2) is 0 Å². The fourth-order valence-corrected chi connectivity index (χ4v) is 2.78. The van der Waals surface area contributed by atoms with Crippen LogP contribution in [-0.4, -0.2) is 22.6 Å². The van der Waals surface area contributed by atoms with Gasteiger partial charge in [-0.05, 0) is 44.4 Å². The number of nitrogens with zero attached hydrogens (tertiary/aromatic N) is 2. The highest BCUT2D eigenvalue weighted by Gasteiger charge is 2.14. The SMILES string of the molecule is CCCc1nc2ccccc2n1C(C)CNCCC(C)C. The molecule has 0 radical (unpaired) electrons. The number of fused-ring (bicyclic) bond motifs is 1. The Morgan fingerprint density at radius 3 is 2.67 bits per heavy atom. The maximum Gasteiger partial charge on any atom is 0.110 e. The van der Waals surface area contributed by atoms with Crippen molar-refractivity contribution in [2.45, 2.75) is 53.0 Å². The van der Waals surface area contributed by atoms with Gasteiger partial charge in [0.05, 0.1) is 11.0 Å². The molecule has 0 saturated heterocycles. The largest absolute Gasteiger partial charge is 0.324 e. The van der Waals surface area contributed by atoms with E-state index in [0.29, 0.717) is 6.04 Å². The maximum absolute atomic E-state index is 4.82. The fraction of sp³-hybridized carbons (Fsp3) is 0.611. The van der Waals surface area contributed by atoms with Crippen LogP contribution in [0.2, 0.25) is 0 Å². The zero-order chi connectivity index (χ0) is 15.2. The summed E-state index contributed by atoms with van der Waals surface area (Å²) in [6.45, 7) is 11.1. The molecule has 3 nitrogen and oxygen atoms in total. The number of imidazole rings is 1. The van der Waals surface area contributed by atoms with Crippen LogP contribution < -0.4 is 5.32 Å². The lowest BCUT2D eigenvalue weighted by molar-refractivity contribution is 0.463. The molecule has 2 rings (SSSR count). The number of aromatic nitrogens is 2. The summed E-state index contributed by atoms with van der Waals surface area (Å²) in [6, 6.07) is 8.91. The lowest BCUT2D eigenvalue weighted by atomic mass is 10.1. The quantitative estimate of drug-likeness (QED) is 0.738. The van der Waals surface area contributed by atoms with Crippen LogP contribution in [0.15, 0.2) is 24.3 Å². The van der Waals surface area contributed by atoms with Gasteiger partial charge in [-0.1, -0.05) is 32.9 Å². The number of para-hydroxylation sites is 2. The Morgan fingerprint density at radius 1 is 1.19 bits per heavy atom. The second-order valence-electron chi connectivity index (χ2n) is 6.37. The highest BCUT2D eigenvalue weighted by Crippen LogP contribution is 2.21. The minimum atomic E-state index is 0.436. The first-order chi connectivity index (χ1) is 10.1. The second-order valence-corrected chi connectivity index (χ2v) is 6.37. The van der Waals surface area contributed by atoms with Crippen molar-refractivity contribution in [3.63, 3.8) is 0 Å². The summed E-state index contributed by atoms with van der Waals surface area (Å²) in [5.41, 5.74) is 2.38. The Labute approximate surface area is 128 Å². The lowest BCUT2D eigenvalue weighted by Crippen LogP contribution is -2.26. The summed E-state index contributed by atoms with van der Waals surface area (Å²) in [5, 5.41) is 3.59.